The van der Waals surface area contributed by atoms with E-state index in [-0.39, 0.29) is 11.9 Å². The second-order valence-corrected chi connectivity index (χ2v) is 11.0. The van der Waals surface area contributed by atoms with Crippen molar-refractivity contribution in [1.82, 2.24) is 15.6 Å². The molecule has 11 heteroatoms. The van der Waals surface area contributed by atoms with Crippen LogP contribution in [0.3, 0.4) is 0 Å². The molecule has 4 N–H and O–H groups in total. The first kappa shape index (κ1) is 29.1. The first-order valence-corrected chi connectivity index (χ1v) is 14.5. The number of aromatic nitrogens is 1. The highest BCUT2D eigenvalue weighted by Gasteiger charge is 2.56. The van der Waals surface area contributed by atoms with Gasteiger partial charge in [0.05, 0.1) is 18.2 Å². The summed E-state index contributed by atoms with van der Waals surface area (Å²) in [6.07, 6.45) is 4.57. The predicted molar refractivity (Wildman–Crippen MR) is 163 cm³/mol. The van der Waals surface area contributed by atoms with Crippen LogP contribution in [0.15, 0.2) is 72.9 Å². The third-order valence-corrected chi connectivity index (χ3v) is 8.00. The number of amides is 3. The molecule has 1 saturated heterocycles. The Labute approximate surface area is 253 Å². The average molecular weight is 598 g/mol. The van der Waals surface area contributed by atoms with Gasteiger partial charge >= 0.3 is 0 Å². The van der Waals surface area contributed by atoms with E-state index in [9.17, 15) is 18.8 Å². The van der Waals surface area contributed by atoms with Crippen LogP contribution >= 0.6 is 0 Å². The Hall–Kier alpha value is -5.03. The van der Waals surface area contributed by atoms with Crippen LogP contribution in [0.5, 0.6) is 17.2 Å². The van der Waals surface area contributed by atoms with E-state index in [1.54, 1.807) is 48.7 Å². The van der Waals surface area contributed by atoms with Crippen LogP contribution < -0.4 is 30.7 Å². The first-order chi connectivity index (χ1) is 21.3. The summed E-state index contributed by atoms with van der Waals surface area (Å²) < 4.78 is 24.9. The van der Waals surface area contributed by atoms with Gasteiger partial charge in [-0.1, -0.05) is 0 Å². The van der Waals surface area contributed by atoms with Crippen molar-refractivity contribution in [1.29, 1.82) is 0 Å². The van der Waals surface area contributed by atoms with Gasteiger partial charge in [0, 0.05) is 41.6 Å². The van der Waals surface area contributed by atoms with Gasteiger partial charge in [-0.05, 0) is 92.9 Å². The number of carbonyl (C=O) groups is 3. The molecule has 0 radical (unpaired) electrons. The largest absolute Gasteiger partial charge is 0.496 e. The van der Waals surface area contributed by atoms with Crippen LogP contribution in [0.25, 0.3) is 10.9 Å². The molecule has 10 nitrogen and oxygen atoms in total. The minimum absolute atomic E-state index is 0.243. The van der Waals surface area contributed by atoms with Gasteiger partial charge in [-0.2, -0.15) is 0 Å². The second-order valence-electron chi connectivity index (χ2n) is 11.0. The Morgan fingerprint density at radius 1 is 0.955 bits per heavy atom. The lowest BCUT2D eigenvalue weighted by Gasteiger charge is -2.16. The Kier molecular flexibility index (Phi) is 8.12. The second kappa shape index (κ2) is 12.3. The van der Waals surface area contributed by atoms with Crippen molar-refractivity contribution in [3.8, 4) is 17.2 Å². The molecule has 0 spiro atoms. The summed E-state index contributed by atoms with van der Waals surface area (Å²) in [6.45, 7) is 1.48. The third-order valence-electron chi connectivity index (χ3n) is 8.00. The predicted octanol–water partition coefficient (Wildman–Crippen LogP) is 5.01. The Balaban J connectivity index is 1.13. The van der Waals surface area contributed by atoms with Crippen molar-refractivity contribution in [2.45, 2.75) is 31.7 Å². The number of nitrogens with zero attached hydrogens (tertiary/aromatic N) is 1. The van der Waals surface area contributed by atoms with Crippen LogP contribution in [-0.2, 0) is 9.59 Å². The fourth-order valence-corrected chi connectivity index (χ4v) is 5.28. The average Bonchev–Trinajstić information content (AvgIpc) is 3.70. The summed E-state index contributed by atoms with van der Waals surface area (Å²) in [7, 11) is 1.51. The van der Waals surface area contributed by atoms with E-state index < -0.39 is 23.0 Å². The molecule has 2 heterocycles. The third kappa shape index (κ3) is 6.18. The van der Waals surface area contributed by atoms with Crippen LogP contribution in [0.1, 0.15) is 36.0 Å². The van der Waals surface area contributed by atoms with E-state index in [4.69, 9.17) is 9.47 Å². The fourth-order valence-electron chi connectivity index (χ4n) is 5.28. The van der Waals surface area contributed by atoms with E-state index in [0.717, 1.165) is 19.4 Å². The summed E-state index contributed by atoms with van der Waals surface area (Å²) in [5, 5.41) is 12.5. The smallest absolute Gasteiger partial charge is 0.255 e. The Bertz CT molecular complexity index is 1700. The molecule has 4 aromatic rings. The maximum Gasteiger partial charge on any atom is 0.255 e. The summed E-state index contributed by atoms with van der Waals surface area (Å²) in [5.41, 5.74) is 0.742. The van der Waals surface area contributed by atoms with Gasteiger partial charge in [-0.15, -0.1) is 0 Å². The SMILES string of the molecule is COc1cc2nccc(Oc3ccc(NC(=O)C4(C(=O)Nc5ccc(F)cc5)CC4)cc3)c2cc1C(=O)NC[C@H]1CCCN1. The Morgan fingerprint density at radius 3 is 2.25 bits per heavy atom. The van der Waals surface area contributed by atoms with Gasteiger partial charge in [0.2, 0.25) is 11.8 Å². The molecule has 1 atom stereocenters. The molecular weight excluding hydrogens is 565 g/mol. The van der Waals surface area contributed by atoms with Crippen LogP contribution in [-0.4, -0.2) is 48.9 Å². The van der Waals surface area contributed by atoms with Gasteiger partial charge in [-0.3, -0.25) is 19.4 Å². The zero-order valence-electron chi connectivity index (χ0n) is 24.1. The molecule has 2 fully saturated rings. The molecule has 226 valence electrons. The molecule has 1 saturated carbocycles. The van der Waals surface area contributed by atoms with Crippen LogP contribution in [0.4, 0.5) is 15.8 Å². The number of hydrogen-bond donors (Lipinski definition) is 4. The lowest BCUT2D eigenvalue weighted by molar-refractivity contribution is -0.131. The number of carbonyl (C=O) groups excluding carboxylic acids is 3. The Morgan fingerprint density at radius 2 is 1.64 bits per heavy atom. The van der Waals surface area contributed by atoms with Crippen molar-refractivity contribution in [3.63, 3.8) is 0 Å². The molecule has 44 heavy (non-hydrogen) atoms. The quantitative estimate of drug-likeness (QED) is 0.189. The molecule has 0 unspecified atom stereocenters. The number of methoxy groups -OCH3 is 1. The van der Waals surface area contributed by atoms with Gasteiger partial charge < -0.3 is 30.7 Å². The highest BCUT2D eigenvalue weighted by atomic mass is 19.1. The standard InChI is InChI=1S/C33H32FN5O5/c1-43-29-18-27-25(17-26(29)30(40)37-19-23-3-2-15-35-23)28(12-16-36-27)44-24-10-8-22(9-11-24)39-32(42)33(13-14-33)31(41)38-21-6-4-20(34)5-7-21/h4-12,16-18,23,35H,2-3,13-15,19H2,1H3,(H,37,40)(H,38,41)(H,39,42)/t23-/m1/s1. The van der Waals surface area contributed by atoms with E-state index in [0.29, 0.717) is 64.5 Å². The van der Waals surface area contributed by atoms with Gasteiger partial charge in [0.1, 0.15) is 28.5 Å². The number of halogens is 1. The normalized spacial score (nSPS) is 16.6. The maximum atomic E-state index is 13.2. The number of anilines is 2. The zero-order chi connectivity index (χ0) is 30.7. The number of fused-ring (bicyclic) bond motifs is 1. The molecular formula is C33H32FN5O5. The number of hydrogen-bond acceptors (Lipinski definition) is 7. The van der Waals surface area contributed by atoms with Gasteiger partial charge in [0.15, 0.2) is 0 Å². The number of rotatable bonds is 10. The van der Waals surface area contributed by atoms with Gasteiger partial charge in [-0.25, -0.2) is 4.39 Å². The lowest BCUT2D eigenvalue weighted by Crippen LogP contribution is -2.37. The van der Waals surface area contributed by atoms with Crippen LogP contribution in [0.2, 0.25) is 0 Å². The van der Waals surface area contributed by atoms with E-state index in [1.165, 1.54) is 31.4 Å². The minimum Gasteiger partial charge on any atom is -0.496 e. The van der Waals surface area contributed by atoms with Gasteiger partial charge in [0.25, 0.3) is 5.91 Å². The molecule has 3 amide bonds. The first-order valence-electron chi connectivity index (χ1n) is 14.5. The molecule has 3 aromatic carbocycles. The molecule has 1 aliphatic carbocycles. The minimum atomic E-state index is -1.17. The van der Waals surface area contributed by atoms with Crippen molar-refractivity contribution in [2.75, 3.05) is 30.8 Å². The van der Waals surface area contributed by atoms with E-state index in [1.807, 2.05) is 0 Å². The maximum absolute atomic E-state index is 13.2. The molecule has 2 aliphatic rings. The molecule has 1 aliphatic heterocycles. The summed E-state index contributed by atoms with van der Waals surface area (Å²) in [5.74, 6) is -0.0758. The van der Waals surface area contributed by atoms with Crippen molar-refractivity contribution >= 4 is 40.0 Å². The monoisotopic (exact) mass is 597 g/mol. The molecule has 1 aromatic heterocycles. The molecule has 6 rings (SSSR count). The lowest BCUT2D eigenvalue weighted by atomic mass is 10.0. The molecule has 0 bridgehead atoms. The topological polar surface area (TPSA) is 131 Å². The summed E-state index contributed by atoms with van der Waals surface area (Å²) in [6, 6.07) is 17.6. The highest BCUT2D eigenvalue weighted by molar-refractivity contribution is 6.17. The van der Waals surface area contributed by atoms with Crippen molar-refractivity contribution < 1.29 is 28.2 Å². The fraction of sp³-hybridized carbons (Fsp3) is 0.273. The van der Waals surface area contributed by atoms with Crippen LogP contribution in [0, 0.1) is 11.2 Å². The number of ether oxygens (including phenoxy) is 2. The van der Waals surface area contributed by atoms with E-state index in [2.05, 4.69) is 26.3 Å². The summed E-state index contributed by atoms with van der Waals surface area (Å²) in [4.78, 5) is 43.4. The summed E-state index contributed by atoms with van der Waals surface area (Å²) >= 11 is 0. The number of nitrogens with one attached hydrogen (secondary N) is 4. The van der Waals surface area contributed by atoms with E-state index >= 15 is 0 Å². The zero-order valence-corrected chi connectivity index (χ0v) is 24.1. The number of benzene rings is 3. The number of pyridine rings is 1. The van der Waals surface area contributed by atoms with Crippen molar-refractivity contribution in [3.05, 3.63) is 84.3 Å². The van der Waals surface area contributed by atoms with Crippen molar-refractivity contribution in [2.24, 2.45) is 5.41 Å². The highest BCUT2D eigenvalue weighted by Crippen LogP contribution is 2.47.